The summed E-state index contributed by atoms with van der Waals surface area (Å²) in [5.74, 6) is -2.38. The minimum Gasteiger partial charge on any atom is -0.372 e. The quantitative estimate of drug-likeness (QED) is 0.893. The van der Waals surface area contributed by atoms with E-state index in [4.69, 9.17) is 4.74 Å². The molecule has 0 fully saturated rings. The number of halogens is 2. The SMILES string of the molecule is CCOC1c2ccccc2CC1NC(=O)[C@@H](C)c1ccc(F)cc1F. The van der Waals surface area contributed by atoms with Crippen LogP contribution in [0.3, 0.4) is 0 Å². The first-order valence-electron chi connectivity index (χ1n) is 8.46. The third-order valence-corrected chi connectivity index (χ3v) is 4.66. The topological polar surface area (TPSA) is 38.3 Å². The average molecular weight is 345 g/mol. The smallest absolute Gasteiger partial charge is 0.227 e. The summed E-state index contributed by atoms with van der Waals surface area (Å²) in [6.45, 7) is 4.06. The molecule has 0 radical (unpaired) electrons. The highest BCUT2D eigenvalue weighted by molar-refractivity contribution is 5.83. The van der Waals surface area contributed by atoms with E-state index >= 15 is 0 Å². The summed E-state index contributed by atoms with van der Waals surface area (Å²) in [4.78, 5) is 12.6. The Hall–Kier alpha value is -2.27. The maximum absolute atomic E-state index is 13.9. The summed E-state index contributed by atoms with van der Waals surface area (Å²) >= 11 is 0. The Morgan fingerprint density at radius 1 is 1.28 bits per heavy atom. The predicted molar refractivity (Wildman–Crippen MR) is 91.2 cm³/mol. The van der Waals surface area contributed by atoms with Gasteiger partial charge < -0.3 is 10.1 Å². The van der Waals surface area contributed by atoms with Crippen LogP contribution in [0.4, 0.5) is 8.78 Å². The molecule has 2 aromatic carbocycles. The first-order valence-corrected chi connectivity index (χ1v) is 8.46. The number of amides is 1. The van der Waals surface area contributed by atoms with Gasteiger partial charge in [0.05, 0.1) is 12.0 Å². The first kappa shape index (κ1) is 17.5. The van der Waals surface area contributed by atoms with Gasteiger partial charge in [0, 0.05) is 18.2 Å². The predicted octanol–water partition coefficient (Wildman–Crippen LogP) is 3.89. The molecular formula is C20H21F2NO2. The average Bonchev–Trinajstić information content (AvgIpc) is 2.92. The van der Waals surface area contributed by atoms with Crippen LogP contribution in [0.5, 0.6) is 0 Å². The molecule has 0 bridgehead atoms. The van der Waals surface area contributed by atoms with E-state index in [0.29, 0.717) is 13.0 Å². The maximum atomic E-state index is 13.9. The summed E-state index contributed by atoms with van der Waals surface area (Å²) in [7, 11) is 0. The molecule has 1 aliphatic rings. The fourth-order valence-corrected chi connectivity index (χ4v) is 3.37. The van der Waals surface area contributed by atoms with Gasteiger partial charge in [-0.2, -0.15) is 0 Å². The van der Waals surface area contributed by atoms with Gasteiger partial charge in [0.25, 0.3) is 0 Å². The zero-order valence-electron chi connectivity index (χ0n) is 14.3. The van der Waals surface area contributed by atoms with Gasteiger partial charge in [-0.25, -0.2) is 8.78 Å². The van der Waals surface area contributed by atoms with E-state index in [2.05, 4.69) is 5.32 Å². The standard InChI is InChI=1S/C20H21F2NO2/c1-3-25-19-16-7-5-4-6-13(16)10-18(19)23-20(24)12(2)15-9-8-14(21)11-17(15)22/h4-9,11-12,18-19H,3,10H2,1-2H3,(H,23,24)/t12-,18?,19?/m0/s1. The Labute approximate surface area is 146 Å². The van der Waals surface area contributed by atoms with Crippen molar-refractivity contribution >= 4 is 5.91 Å². The molecule has 132 valence electrons. The summed E-state index contributed by atoms with van der Waals surface area (Å²) < 4.78 is 32.8. The number of benzene rings is 2. The highest BCUT2D eigenvalue weighted by Gasteiger charge is 2.35. The number of nitrogens with one attached hydrogen (secondary N) is 1. The van der Waals surface area contributed by atoms with Gasteiger partial charge in [-0.3, -0.25) is 4.79 Å². The van der Waals surface area contributed by atoms with Gasteiger partial charge in [-0.05, 0) is 37.5 Å². The van der Waals surface area contributed by atoms with Gasteiger partial charge in [-0.1, -0.05) is 30.3 Å². The molecule has 25 heavy (non-hydrogen) atoms. The summed E-state index contributed by atoms with van der Waals surface area (Å²) in [5, 5.41) is 2.98. The van der Waals surface area contributed by atoms with Crippen LogP contribution in [0.2, 0.25) is 0 Å². The number of hydrogen-bond acceptors (Lipinski definition) is 2. The van der Waals surface area contributed by atoms with E-state index in [1.807, 2.05) is 31.2 Å². The van der Waals surface area contributed by atoms with Crippen LogP contribution >= 0.6 is 0 Å². The van der Waals surface area contributed by atoms with Gasteiger partial charge >= 0.3 is 0 Å². The maximum Gasteiger partial charge on any atom is 0.227 e. The lowest BCUT2D eigenvalue weighted by atomic mass is 9.99. The fourth-order valence-electron chi connectivity index (χ4n) is 3.37. The molecule has 1 amide bonds. The zero-order valence-corrected chi connectivity index (χ0v) is 14.3. The molecule has 1 N–H and O–H groups in total. The number of ether oxygens (including phenoxy) is 1. The summed E-state index contributed by atoms with van der Waals surface area (Å²) in [6.07, 6.45) is 0.459. The van der Waals surface area contributed by atoms with E-state index in [1.165, 1.54) is 6.07 Å². The van der Waals surface area contributed by atoms with Crippen LogP contribution in [-0.2, 0) is 16.0 Å². The molecular weight excluding hydrogens is 324 g/mol. The molecule has 1 aliphatic carbocycles. The van der Waals surface area contributed by atoms with Crippen LogP contribution < -0.4 is 5.32 Å². The van der Waals surface area contributed by atoms with Crippen molar-refractivity contribution in [3.63, 3.8) is 0 Å². The van der Waals surface area contributed by atoms with Crippen molar-refractivity contribution in [2.75, 3.05) is 6.61 Å². The molecule has 0 saturated carbocycles. The summed E-state index contributed by atoms with van der Waals surface area (Å²) in [5.41, 5.74) is 2.41. The Kier molecular flexibility index (Phi) is 5.13. The van der Waals surface area contributed by atoms with Crippen molar-refractivity contribution in [1.82, 2.24) is 5.32 Å². The van der Waals surface area contributed by atoms with E-state index in [9.17, 15) is 13.6 Å². The van der Waals surface area contributed by atoms with Crippen LogP contribution in [-0.4, -0.2) is 18.6 Å². The van der Waals surface area contributed by atoms with Crippen LogP contribution in [0, 0.1) is 11.6 Å². The lowest BCUT2D eigenvalue weighted by Gasteiger charge is -2.23. The minimum atomic E-state index is -0.716. The van der Waals surface area contributed by atoms with Crippen molar-refractivity contribution < 1.29 is 18.3 Å². The number of fused-ring (bicyclic) bond motifs is 1. The lowest BCUT2D eigenvalue weighted by molar-refractivity contribution is -0.124. The van der Waals surface area contributed by atoms with Crippen LogP contribution in [0.15, 0.2) is 42.5 Å². The third kappa shape index (κ3) is 3.56. The Bertz CT molecular complexity index is 778. The largest absolute Gasteiger partial charge is 0.372 e. The molecule has 0 aliphatic heterocycles. The molecule has 2 aromatic rings. The summed E-state index contributed by atoms with van der Waals surface area (Å²) in [6, 6.07) is 11.0. The van der Waals surface area contributed by atoms with Gasteiger partial charge in [0.15, 0.2) is 0 Å². The molecule has 5 heteroatoms. The molecule has 3 atom stereocenters. The highest BCUT2D eigenvalue weighted by atomic mass is 19.1. The molecule has 0 spiro atoms. The monoisotopic (exact) mass is 345 g/mol. The van der Waals surface area contributed by atoms with Crippen LogP contribution in [0.25, 0.3) is 0 Å². The molecule has 2 unspecified atom stereocenters. The van der Waals surface area contributed by atoms with E-state index in [0.717, 1.165) is 23.3 Å². The number of hydrogen-bond donors (Lipinski definition) is 1. The van der Waals surface area contributed by atoms with Crippen molar-refractivity contribution in [3.05, 3.63) is 70.8 Å². The van der Waals surface area contributed by atoms with Gasteiger partial charge in [0.1, 0.15) is 17.7 Å². The minimum absolute atomic E-state index is 0.183. The molecule has 0 aromatic heterocycles. The first-order chi connectivity index (χ1) is 12.0. The number of carbonyl (C=O) groups is 1. The third-order valence-electron chi connectivity index (χ3n) is 4.66. The fraction of sp³-hybridized carbons (Fsp3) is 0.350. The van der Waals surface area contributed by atoms with Crippen molar-refractivity contribution in [2.24, 2.45) is 0 Å². The number of rotatable bonds is 5. The molecule has 0 heterocycles. The van der Waals surface area contributed by atoms with Crippen molar-refractivity contribution in [2.45, 2.75) is 38.3 Å². The van der Waals surface area contributed by atoms with Gasteiger partial charge in [0.2, 0.25) is 5.91 Å². The zero-order chi connectivity index (χ0) is 18.0. The van der Waals surface area contributed by atoms with Crippen molar-refractivity contribution in [1.29, 1.82) is 0 Å². The second kappa shape index (κ2) is 7.31. The molecule has 3 nitrogen and oxygen atoms in total. The van der Waals surface area contributed by atoms with E-state index in [-0.39, 0.29) is 23.6 Å². The molecule has 0 saturated heterocycles. The number of carbonyl (C=O) groups excluding carboxylic acids is 1. The second-order valence-electron chi connectivity index (χ2n) is 6.28. The Morgan fingerprint density at radius 3 is 2.76 bits per heavy atom. The lowest BCUT2D eigenvalue weighted by Crippen LogP contribution is -2.40. The highest BCUT2D eigenvalue weighted by Crippen LogP contribution is 2.34. The Morgan fingerprint density at radius 2 is 2.04 bits per heavy atom. The molecule has 3 rings (SSSR count). The van der Waals surface area contributed by atoms with Gasteiger partial charge in [-0.15, -0.1) is 0 Å². The normalized spacial score (nSPS) is 20.2. The van der Waals surface area contributed by atoms with E-state index in [1.54, 1.807) is 6.92 Å². The van der Waals surface area contributed by atoms with E-state index < -0.39 is 17.6 Å². The Balaban J connectivity index is 1.76. The van der Waals surface area contributed by atoms with Crippen LogP contribution in [0.1, 0.15) is 42.6 Å². The van der Waals surface area contributed by atoms with Crippen molar-refractivity contribution in [3.8, 4) is 0 Å². The second-order valence-corrected chi connectivity index (χ2v) is 6.28.